The van der Waals surface area contributed by atoms with Crippen molar-refractivity contribution in [3.05, 3.63) is 28.2 Å². The van der Waals surface area contributed by atoms with Crippen LogP contribution in [0.1, 0.15) is 23.7 Å². The van der Waals surface area contributed by atoms with Gasteiger partial charge in [-0.25, -0.2) is 9.59 Å². The molecule has 0 saturated carbocycles. The third-order valence-corrected chi connectivity index (χ3v) is 5.20. The van der Waals surface area contributed by atoms with Gasteiger partial charge in [-0.05, 0) is 24.6 Å². The maximum atomic E-state index is 12.3. The van der Waals surface area contributed by atoms with Crippen LogP contribution in [0.15, 0.2) is 22.7 Å². The Kier molecular flexibility index (Phi) is 5.52. The minimum absolute atomic E-state index is 0.0879. The first-order valence-corrected chi connectivity index (χ1v) is 8.55. The van der Waals surface area contributed by atoms with Gasteiger partial charge in [-0.1, -0.05) is 22.9 Å². The van der Waals surface area contributed by atoms with Crippen LogP contribution in [-0.2, 0) is 0 Å². The Labute approximate surface area is 136 Å². The van der Waals surface area contributed by atoms with Crippen LogP contribution in [0.25, 0.3) is 0 Å². The molecule has 1 fully saturated rings. The summed E-state index contributed by atoms with van der Waals surface area (Å²) < 4.78 is 0.725. The van der Waals surface area contributed by atoms with Crippen LogP contribution in [0.5, 0.6) is 0 Å². The van der Waals surface area contributed by atoms with Gasteiger partial charge in [0.15, 0.2) is 0 Å². The predicted molar refractivity (Wildman–Crippen MR) is 88.2 cm³/mol. The minimum Gasteiger partial charge on any atom is -0.478 e. The van der Waals surface area contributed by atoms with Crippen molar-refractivity contribution in [3.63, 3.8) is 0 Å². The molecule has 2 rings (SSSR count). The van der Waals surface area contributed by atoms with E-state index in [0.29, 0.717) is 24.0 Å². The second-order valence-electron chi connectivity index (χ2n) is 4.77. The monoisotopic (exact) mass is 372 g/mol. The van der Waals surface area contributed by atoms with Crippen LogP contribution >= 0.6 is 27.7 Å². The largest absolute Gasteiger partial charge is 0.478 e. The van der Waals surface area contributed by atoms with Crippen molar-refractivity contribution >= 4 is 45.4 Å². The standard InChI is InChI=1S/C14H17BrN2O3S/c1-2-10-8-17(5-6-21-10)14(20)16-12-7-9(15)3-4-11(12)13(18)19/h3-4,7,10H,2,5-6,8H2,1H3,(H,16,20)(H,18,19). The molecule has 21 heavy (non-hydrogen) atoms. The zero-order valence-corrected chi connectivity index (χ0v) is 14.0. The average molecular weight is 373 g/mol. The lowest BCUT2D eigenvalue weighted by atomic mass is 10.2. The molecule has 1 saturated heterocycles. The van der Waals surface area contributed by atoms with E-state index in [4.69, 9.17) is 0 Å². The van der Waals surface area contributed by atoms with Crippen LogP contribution in [0.2, 0.25) is 0 Å². The molecule has 1 aliphatic rings. The number of hydrogen-bond donors (Lipinski definition) is 2. The minimum atomic E-state index is -1.06. The van der Waals surface area contributed by atoms with E-state index in [1.54, 1.807) is 17.0 Å². The number of urea groups is 1. The number of rotatable bonds is 3. The van der Waals surface area contributed by atoms with Gasteiger partial charge in [0.05, 0.1) is 11.3 Å². The number of hydrogen-bond acceptors (Lipinski definition) is 3. The molecule has 0 aromatic heterocycles. The summed E-state index contributed by atoms with van der Waals surface area (Å²) >= 11 is 5.17. The summed E-state index contributed by atoms with van der Waals surface area (Å²) in [6.07, 6.45) is 1.02. The first kappa shape index (κ1) is 16.2. The number of nitrogens with zero attached hydrogens (tertiary/aromatic N) is 1. The highest BCUT2D eigenvalue weighted by atomic mass is 79.9. The summed E-state index contributed by atoms with van der Waals surface area (Å²) in [6, 6.07) is 4.48. The van der Waals surface area contributed by atoms with Gasteiger partial charge >= 0.3 is 12.0 Å². The molecule has 2 N–H and O–H groups in total. The van der Waals surface area contributed by atoms with E-state index in [2.05, 4.69) is 28.2 Å². The summed E-state index contributed by atoms with van der Waals surface area (Å²) in [7, 11) is 0. The number of thioether (sulfide) groups is 1. The number of halogens is 1. The van der Waals surface area contributed by atoms with Crippen molar-refractivity contribution < 1.29 is 14.7 Å². The van der Waals surface area contributed by atoms with Crippen molar-refractivity contribution in [1.29, 1.82) is 0 Å². The van der Waals surface area contributed by atoms with Crippen LogP contribution in [0.3, 0.4) is 0 Å². The number of aromatic carboxylic acids is 1. The molecule has 114 valence electrons. The fourth-order valence-corrected chi connectivity index (χ4v) is 3.69. The van der Waals surface area contributed by atoms with Crippen LogP contribution in [0, 0.1) is 0 Å². The fourth-order valence-electron chi connectivity index (χ4n) is 2.15. The summed E-state index contributed by atoms with van der Waals surface area (Å²) in [5.41, 5.74) is 0.401. The lowest BCUT2D eigenvalue weighted by Gasteiger charge is -2.32. The Balaban J connectivity index is 2.12. The Morgan fingerprint density at radius 3 is 2.95 bits per heavy atom. The van der Waals surface area contributed by atoms with Crippen molar-refractivity contribution in [3.8, 4) is 0 Å². The number of carbonyl (C=O) groups excluding carboxylic acids is 1. The molecule has 1 atom stereocenters. The Hall–Kier alpha value is -1.21. The maximum Gasteiger partial charge on any atom is 0.337 e. The molecule has 0 radical (unpaired) electrons. The van der Waals surface area contributed by atoms with E-state index in [1.165, 1.54) is 6.07 Å². The third kappa shape index (κ3) is 4.14. The average Bonchev–Trinajstić information content (AvgIpc) is 2.47. The highest BCUT2D eigenvalue weighted by molar-refractivity contribution is 9.10. The SMILES string of the molecule is CCC1CN(C(=O)Nc2cc(Br)ccc2C(=O)O)CCS1. The summed E-state index contributed by atoms with van der Waals surface area (Å²) in [5.74, 6) is -0.144. The molecule has 1 aromatic rings. The van der Waals surface area contributed by atoms with Gasteiger partial charge in [0.25, 0.3) is 0 Å². The molecule has 7 heteroatoms. The van der Waals surface area contributed by atoms with E-state index in [1.807, 2.05) is 11.8 Å². The van der Waals surface area contributed by atoms with E-state index >= 15 is 0 Å². The Morgan fingerprint density at radius 1 is 1.52 bits per heavy atom. The van der Waals surface area contributed by atoms with Gasteiger partial charge in [0.1, 0.15) is 0 Å². The smallest absolute Gasteiger partial charge is 0.337 e. The predicted octanol–water partition coefficient (Wildman–Crippen LogP) is 3.51. The first-order valence-electron chi connectivity index (χ1n) is 6.71. The van der Waals surface area contributed by atoms with Crippen LogP contribution in [-0.4, -0.2) is 46.1 Å². The molecule has 2 amide bonds. The van der Waals surface area contributed by atoms with Gasteiger partial charge < -0.3 is 15.3 Å². The van der Waals surface area contributed by atoms with Gasteiger partial charge in [-0.15, -0.1) is 0 Å². The third-order valence-electron chi connectivity index (χ3n) is 3.33. The topological polar surface area (TPSA) is 69.6 Å². The molecule has 1 aromatic carbocycles. The highest BCUT2D eigenvalue weighted by Crippen LogP contribution is 2.24. The molecule has 1 aliphatic heterocycles. The molecule has 0 bridgehead atoms. The number of carbonyl (C=O) groups is 2. The lowest BCUT2D eigenvalue weighted by Crippen LogP contribution is -2.44. The maximum absolute atomic E-state index is 12.3. The fraction of sp³-hybridized carbons (Fsp3) is 0.429. The lowest BCUT2D eigenvalue weighted by molar-refractivity contribution is 0.0698. The summed E-state index contributed by atoms with van der Waals surface area (Å²) in [6.45, 7) is 3.49. The quantitative estimate of drug-likeness (QED) is 0.851. The Bertz CT molecular complexity index is 553. The molecule has 0 aliphatic carbocycles. The van der Waals surface area contributed by atoms with Crippen LogP contribution < -0.4 is 5.32 Å². The molecule has 1 heterocycles. The Morgan fingerprint density at radius 2 is 2.29 bits per heavy atom. The van der Waals surface area contributed by atoms with Crippen molar-refractivity contribution in [1.82, 2.24) is 4.90 Å². The van der Waals surface area contributed by atoms with Gasteiger partial charge in [0, 0.05) is 28.6 Å². The molecular formula is C14H17BrN2O3S. The van der Waals surface area contributed by atoms with Gasteiger partial charge in [-0.3, -0.25) is 0 Å². The molecule has 0 spiro atoms. The summed E-state index contributed by atoms with van der Waals surface area (Å²) in [5, 5.41) is 12.3. The van der Waals surface area contributed by atoms with Gasteiger partial charge in [0.2, 0.25) is 0 Å². The van der Waals surface area contributed by atoms with E-state index in [0.717, 1.165) is 16.6 Å². The summed E-state index contributed by atoms with van der Waals surface area (Å²) in [4.78, 5) is 25.3. The molecular weight excluding hydrogens is 356 g/mol. The number of carboxylic acid groups (broad SMARTS) is 1. The van der Waals surface area contributed by atoms with Crippen molar-refractivity contribution in [2.45, 2.75) is 18.6 Å². The normalized spacial score (nSPS) is 18.4. The highest BCUT2D eigenvalue weighted by Gasteiger charge is 2.24. The zero-order chi connectivity index (χ0) is 15.4. The number of carboxylic acids is 1. The van der Waals surface area contributed by atoms with Crippen molar-refractivity contribution in [2.24, 2.45) is 0 Å². The number of nitrogens with one attached hydrogen (secondary N) is 1. The van der Waals surface area contributed by atoms with E-state index < -0.39 is 5.97 Å². The van der Waals surface area contributed by atoms with E-state index in [9.17, 15) is 14.7 Å². The van der Waals surface area contributed by atoms with Crippen molar-refractivity contribution in [2.75, 3.05) is 24.2 Å². The first-order chi connectivity index (χ1) is 10.0. The second-order valence-corrected chi connectivity index (χ2v) is 7.10. The van der Waals surface area contributed by atoms with E-state index in [-0.39, 0.29) is 11.6 Å². The number of amides is 2. The van der Waals surface area contributed by atoms with Crippen LogP contribution in [0.4, 0.5) is 10.5 Å². The molecule has 1 unspecified atom stereocenters. The van der Waals surface area contributed by atoms with Gasteiger partial charge in [-0.2, -0.15) is 11.8 Å². The second kappa shape index (κ2) is 7.17. The number of anilines is 1. The zero-order valence-electron chi connectivity index (χ0n) is 11.6. The molecule has 5 nitrogen and oxygen atoms in total. The number of benzene rings is 1.